The van der Waals surface area contributed by atoms with Crippen LogP contribution in [0.2, 0.25) is 0 Å². The lowest BCUT2D eigenvalue weighted by atomic mass is 9.83. The van der Waals surface area contributed by atoms with Gasteiger partial charge >= 0.3 is 0 Å². The fourth-order valence-corrected chi connectivity index (χ4v) is 8.54. The zero-order valence-electron chi connectivity index (χ0n) is 21.7. The average Bonchev–Trinajstić information content (AvgIpc) is 3.68. The van der Waals surface area contributed by atoms with E-state index in [0.29, 0.717) is 24.4 Å². The SMILES string of the molecule is C1CCC(C2CCN(C(N3CCC(C4CCCCC4)N3)N3CCC(C4CCCCC4)N3)N2)CC1. The number of hydrogen-bond acceptors (Lipinski definition) is 6. The van der Waals surface area contributed by atoms with Crippen LogP contribution in [0.15, 0.2) is 0 Å². The number of hydrogen-bond donors (Lipinski definition) is 3. The van der Waals surface area contributed by atoms with E-state index in [2.05, 4.69) is 31.3 Å². The van der Waals surface area contributed by atoms with Crippen molar-refractivity contribution in [1.29, 1.82) is 0 Å². The van der Waals surface area contributed by atoms with Crippen molar-refractivity contribution in [3.8, 4) is 0 Å². The van der Waals surface area contributed by atoms with E-state index in [1.165, 1.54) is 135 Å². The highest BCUT2D eigenvalue weighted by Crippen LogP contribution is 2.35. The van der Waals surface area contributed by atoms with Crippen LogP contribution in [0.1, 0.15) is 116 Å². The summed E-state index contributed by atoms with van der Waals surface area (Å²) in [6.07, 6.45) is 25.9. The van der Waals surface area contributed by atoms with Crippen LogP contribution in [-0.2, 0) is 0 Å². The lowest BCUT2D eigenvalue weighted by Gasteiger charge is -2.42. The van der Waals surface area contributed by atoms with Gasteiger partial charge in [-0.15, -0.1) is 0 Å². The van der Waals surface area contributed by atoms with E-state index in [-0.39, 0.29) is 0 Å². The maximum absolute atomic E-state index is 4.07. The first-order chi connectivity index (χ1) is 16.8. The highest BCUT2D eigenvalue weighted by atomic mass is 15.8. The molecule has 3 aliphatic heterocycles. The fourth-order valence-electron chi connectivity index (χ4n) is 8.54. The summed E-state index contributed by atoms with van der Waals surface area (Å²) in [5, 5.41) is 7.89. The molecule has 3 aliphatic carbocycles. The van der Waals surface area contributed by atoms with Crippen molar-refractivity contribution in [3.05, 3.63) is 0 Å². The predicted molar refractivity (Wildman–Crippen MR) is 138 cm³/mol. The molecule has 34 heavy (non-hydrogen) atoms. The lowest BCUT2D eigenvalue weighted by molar-refractivity contribution is -0.113. The van der Waals surface area contributed by atoms with Crippen LogP contribution in [0, 0.1) is 17.8 Å². The molecule has 0 aromatic heterocycles. The second-order valence-corrected chi connectivity index (χ2v) is 12.7. The minimum absolute atomic E-state index is 0.302. The van der Waals surface area contributed by atoms with Crippen LogP contribution < -0.4 is 16.3 Å². The molecule has 194 valence electrons. The largest absolute Gasteiger partial charge is 0.249 e. The molecule has 0 spiro atoms. The van der Waals surface area contributed by atoms with E-state index >= 15 is 0 Å². The summed E-state index contributed by atoms with van der Waals surface area (Å²) < 4.78 is 0. The zero-order valence-corrected chi connectivity index (χ0v) is 21.7. The Morgan fingerprint density at radius 3 is 0.971 bits per heavy atom. The molecule has 3 atom stereocenters. The van der Waals surface area contributed by atoms with Crippen molar-refractivity contribution < 1.29 is 0 Å². The normalized spacial score (nSPS) is 37.6. The van der Waals surface area contributed by atoms with E-state index in [0.717, 1.165) is 17.8 Å². The summed E-state index contributed by atoms with van der Waals surface area (Å²) in [6.45, 7) is 3.55. The van der Waals surface area contributed by atoms with Crippen molar-refractivity contribution in [3.63, 3.8) is 0 Å². The van der Waals surface area contributed by atoms with Gasteiger partial charge in [-0.05, 0) is 75.5 Å². The Morgan fingerprint density at radius 1 is 0.382 bits per heavy atom. The average molecular weight is 473 g/mol. The van der Waals surface area contributed by atoms with E-state index < -0.39 is 0 Å². The van der Waals surface area contributed by atoms with Gasteiger partial charge in [0, 0.05) is 37.8 Å². The first kappa shape index (κ1) is 24.1. The summed E-state index contributed by atoms with van der Waals surface area (Å²) >= 11 is 0. The molecule has 6 rings (SSSR count). The van der Waals surface area contributed by atoms with E-state index in [1.807, 2.05) is 0 Å². The molecular weight excluding hydrogens is 420 g/mol. The molecule has 0 radical (unpaired) electrons. The van der Waals surface area contributed by atoms with E-state index in [1.54, 1.807) is 0 Å². The summed E-state index contributed by atoms with van der Waals surface area (Å²) in [6, 6.07) is 2.07. The third-order valence-corrected chi connectivity index (χ3v) is 10.5. The third kappa shape index (κ3) is 5.38. The van der Waals surface area contributed by atoms with Gasteiger partial charge in [-0.3, -0.25) is 0 Å². The molecule has 6 nitrogen and oxygen atoms in total. The molecule has 3 N–H and O–H groups in total. The van der Waals surface area contributed by atoms with Gasteiger partial charge in [0.2, 0.25) is 0 Å². The van der Waals surface area contributed by atoms with Gasteiger partial charge in [-0.1, -0.05) is 57.8 Å². The molecule has 0 aromatic carbocycles. The van der Waals surface area contributed by atoms with Crippen LogP contribution in [0.3, 0.4) is 0 Å². The Bertz CT molecular complexity index is 541. The molecule has 6 fully saturated rings. The zero-order chi connectivity index (χ0) is 22.7. The Morgan fingerprint density at radius 2 is 0.676 bits per heavy atom. The van der Waals surface area contributed by atoms with Crippen LogP contribution >= 0.6 is 0 Å². The van der Waals surface area contributed by atoms with Gasteiger partial charge in [0.25, 0.3) is 0 Å². The van der Waals surface area contributed by atoms with Crippen molar-refractivity contribution >= 4 is 0 Å². The van der Waals surface area contributed by atoms with Gasteiger partial charge < -0.3 is 0 Å². The van der Waals surface area contributed by atoms with Crippen molar-refractivity contribution in [2.75, 3.05) is 19.6 Å². The Balaban J connectivity index is 1.13. The third-order valence-electron chi connectivity index (χ3n) is 10.5. The molecule has 3 heterocycles. The van der Waals surface area contributed by atoms with E-state index in [4.69, 9.17) is 0 Å². The Hall–Kier alpha value is -0.240. The summed E-state index contributed by atoms with van der Waals surface area (Å²) in [5.74, 6) is 2.67. The molecule has 3 saturated carbocycles. The molecule has 0 aromatic rings. The van der Waals surface area contributed by atoms with E-state index in [9.17, 15) is 0 Å². The molecule has 3 saturated heterocycles. The standard InChI is InChI=1S/C28H52N6/c1-4-10-22(11-5-1)25-16-19-32(29-25)28(33-20-17-26(30-33)23-12-6-2-7-13-23)34-21-18-27(31-34)24-14-8-3-9-15-24/h22-31H,1-21H2. The van der Waals surface area contributed by atoms with Crippen LogP contribution in [-0.4, -0.2) is 59.1 Å². The number of nitrogens with zero attached hydrogens (tertiary/aromatic N) is 3. The summed E-state index contributed by atoms with van der Waals surface area (Å²) in [7, 11) is 0. The Labute approximate surface area is 208 Å². The van der Waals surface area contributed by atoms with Crippen LogP contribution in [0.25, 0.3) is 0 Å². The van der Waals surface area contributed by atoms with Crippen LogP contribution in [0.4, 0.5) is 0 Å². The molecule has 6 heteroatoms. The van der Waals surface area contributed by atoms with Crippen molar-refractivity contribution in [1.82, 2.24) is 31.3 Å². The molecule has 6 aliphatic rings. The molecule has 0 bridgehead atoms. The number of rotatable bonds is 6. The first-order valence-electron chi connectivity index (χ1n) is 15.4. The molecular formula is C28H52N6. The number of hydrazine groups is 3. The minimum atomic E-state index is 0.302. The first-order valence-corrected chi connectivity index (χ1v) is 15.4. The van der Waals surface area contributed by atoms with Crippen molar-refractivity contribution in [2.24, 2.45) is 17.8 Å². The minimum Gasteiger partial charge on any atom is -0.249 e. The molecule has 3 unspecified atom stereocenters. The van der Waals surface area contributed by atoms with Crippen LogP contribution in [0.5, 0.6) is 0 Å². The quantitative estimate of drug-likeness (QED) is 0.519. The highest BCUT2D eigenvalue weighted by molar-refractivity contribution is 4.92. The topological polar surface area (TPSA) is 45.8 Å². The maximum atomic E-state index is 4.07. The smallest absolute Gasteiger partial charge is 0.157 e. The summed E-state index contributed by atoms with van der Waals surface area (Å²) in [4.78, 5) is 0. The highest BCUT2D eigenvalue weighted by Gasteiger charge is 2.44. The number of nitrogens with one attached hydrogen (secondary N) is 3. The predicted octanol–water partition coefficient (Wildman–Crippen LogP) is 4.75. The molecule has 0 amide bonds. The van der Waals surface area contributed by atoms with Crippen molar-refractivity contribution in [2.45, 2.75) is 140 Å². The van der Waals surface area contributed by atoms with Gasteiger partial charge in [-0.25, -0.2) is 31.3 Å². The van der Waals surface area contributed by atoms with Gasteiger partial charge in [0.1, 0.15) is 0 Å². The fraction of sp³-hybridized carbons (Fsp3) is 1.00. The van der Waals surface area contributed by atoms with Gasteiger partial charge in [-0.2, -0.15) is 0 Å². The second-order valence-electron chi connectivity index (χ2n) is 12.7. The lowest BCUT2D eigenvalue weighted by Crippen LogP contribution is -2.65. The summed E-state index contributed by atoms with van der Waals surface area (Å²) in [5.41, 5.74) is 12.2. The monoisotopic (exact) mass is 472 g/mol. The van der Waals surface area contributed by atoms with Gasteiger partial charge in [0.05, 0.1) is 0 Å². The maximum Gasteiger partial charge on any atom is 0.157 e. The second kappa shape index (κ2) is 11.4. The van der Waals surface area contributed by atoms with Gasteiger partial charge in [0.15, 0.2) is 6.29 Å². The Kier molecular flexibility index (Phi) is 8.11.